The van der Waals surface area contributed by atoms with Crippen molar-refractivity contribution in [3.8, 4) is 5.75 Å². The molecule has 7 heteroatoms. The lowest BCUT2D eigenvalue weighted by Crippen LogP contribution is -2.30. The Morgan fingerprint density at radius 1 is 1.04 bits per heavy atom. The van der Waals surface area contributed by atoms with E-state index in [1.807, 2.05) is 32.0 Å². The number of amides is 1. The van der Waals surface area contributed by atoms with Crippen LogP contribution in [0.15, 0.2) is 47.4 Å². The minimum absolute atomic E-state index is 0.157. The van der Waals surface area contributed by atoms with Gasteiger partial charge in [0.25, 0.3) is 5.91 Å². The fourth-order valence-electron chi connectivity index (χ4n) is 2.71. The van der Waals surface area contributed by atoms with Crippen LogP contribution in [0.1, 0.15) is 25.0 Å². The van der Waals surface area contributed by atoms with Gasteiger partial charge in [0.05, 0.1) is 4.90 Å². The molecule has 146 valence electrons. The Kier molecular flexibility index (Phi) is 6.98. The molecule has 2 rings (SSSR count). The monoisotopic (exact) mass is 390 g/mol. The van der Waals surface area contributed by atoms with Gasteiger partial charge in [0.15, 0.2) is 6.61 Å². The molecule has 2 aromatic carbocycles. The van der Waals surface area contributed by atoms with Crippen LogP contribution in [0.25, 0.3) is 0 Å². The Bertz CT molecular complexity index is 889. The molecule has 0 saturated heterocycles. The average Bonchev–Trinajstić information content (AvgIpc) is 2.63. The lowest BCUT2D eigenvalue weighted by Gasteiger charge is -2.18. The Morgan fingerprint density at radius 2 is 1.67 bits per heavy atom. The lowest BCUT2D eigenvalue weighted by molar-refractivity contribution is -0.118. The van der Waals surface area contributed by atoms with Crippen LogP contribution < -0.4 is 10.1 Å². The highest BCUT2D eigenvalue weighted by Gasteiger charge is 2.21. The molecule has 1 N–H and O–H groups in total. The van der Waals surface area contributed by atoms with E-state index in [1.54, 1.807) is 26.0 Å². The third-order valence-electron chi connectivity index (χ3n) is 4.19. The van der Waals surface area contributed by atoms with Crippen molar-refractivity contribution >= 4 is 21.6 Å². The van der Waals surface area contributed by atoms with Gasteiger partial charge in [-0.3, -0.25) is 4.79 Å². The molecular weight excluding hydrogens is 364 g/mol. The van der Waals surface area contributed by atoms with Gasteiger partial charge in [-0.15, -0.1) is 0 Å². The van der Waals surface area contributed by atoms with Crippen molar-refractivity contribution in [2.24, 2.45) is 0 Å². The summed E-state index contributed by atoms with van der Waals surface area (Å²) < 4.78 is 31.8. The second-order valence-corrected chi connectivity index (χ2v) is 8.15. The highest BCUT2D eigenvalue weighted by atomic mass is 32.2. The maximum atomic E-state index is 12.5. The van der Waals surface area contributed by atoms with E-state index in [1.165, 1.54) is 16.4 Å². The molecule has 0 heterocycles. The van der Waals surface area contributed by atoms with Crippen LogP contribution in [0.5, 0.6) is 5.75 Å². The summed E-state index contributed by atoms with van der Waals surface area (Å²) in [5.41, 5.74) is 2.85. The molecular formula is C20H26N2O4S. The smallest absolute Gasteiger partial charge is 0.262 e. The first-order chi connectivity index (χ1) is 12.8. The number of anilines is 1. The maximum absolute atomic E-state index is 12.5. The summed E-state index contributed by atoms with van der Waals surface area (Å²) >= 11 is 0. The van der Waals surface area contributed by atoms with Crippen molar-refractivity contribution in [3.05, 3.63) is 53.6 Å². The van der Waals surface area contributed by atoms with Gasteiger partial charge in [-0.2, -0.15) is 4.31 Å². The van der Waals surface area contributed by atoms with Crippen LogP contribution >= 0.6 is 0 Å². The topological polar surface area (TPSA) is 75.7 Å². The summed E-state index contributed by atoms with van der Waals surface area (Å²) in [4.78, 5) is 12.3. The Morgan fingerprint density at radius 3 is 2.22 bits per heavy atom. The van der Waals surface area contributed by atoms with Crippen LogP contribution in [-0.4, -0.2) is 38.3 Å². The quantitative estimate of drug-likeness (QED) is 0.750. The first kappa shape index (κ1) is 20.9. The zero-order valence-corrected chi connectivity index (χ0v) is 17.0. The molecule has 27 heavy (non-hydrogen) atoms. The van der Waals surface area contributed by atoms with Crippen molar-refractivity contribution < 1.29 is 17.9 Å². The fraction of sp³-hybridized carbons (Fsp3) is 0.350. The van der Waals surface area contributed by atoms with Gasteiger partial charge in [-0.1, -0.05) is 31.5 Å². The zero-order chi connectivity index (χ0) is 20.0. The molecule has 0 unspecified atom stereocenters. The molecule has 0 bridgehead atoms. The van der Waals surface area contributed by atoms with Crippen LogP contribution in [0, 0.1) is 13.8 Å². The molecule has 6 nitrogen and oxygen atoms in total. The van der Waals surface area contributed by atoms with Gasteiger partial charge >= 0.3 is 0 Å². The van der Waals surface area contributed by atoms with Crippen LogP contribution in [0.2, 0.25) is 0 Å². The molecule has 0 aliphatic rings. The molecule has 0 aliphatic carbocycles. The van der Waals surface area contributed by atoms with E-state index in [-0.39, 0.29) is 17.4 Å². The number of benzene rings is 2. The van der Waals surface area contributed by atoms with Crippen LogP contribution in [0.4, 0.5) is 5.69 Å². The van der Waals surface area contributed by atoms with Gasteiger partial charge < -0.3 is 10.1 Å². The van der Waals surface area contributed by atoms with E-state index in [9.17, 15) is 13.2 Å². The van der Waals surface area contributed by atoms with Crippen molar-refractivity contribution in [1.82, 2.24) is 4.31 Å². The Labute approximate surface area is 161 Å². The number of nitrogens with one attached hydrogen (secondary N) is 1. The number of ether oxygens (including phenoxy) is 1. The number of rotatable bonds is 8. The lowest BCUT2D eigenvalue weighted by atomic mass is 10.1. The third-order valence-corrected chi connectivity index (χ3v) is 6.26. The van der Waals surface area contributed by atoms with Gasteiger partial charge in [-0.25, -0.2) is 8.42 Å². The highest BCUT2D eigenvalue weighted by molar-refractivity contribution is 7.89. The number of carbonyl (C=O) groups is 1. The van der Waals surface area contributed by atoms with E-state index < -0.39 is 10.0 Å². The normalized spacial score (nSPS) is 11.4. The highest BCUT2D eigenvalue weighted by Crippen LogP contribution is 2.20. The molecule has 0 radical (unpaired) electrons. The minimum Gasteiger partial charge on any atom is -0.484 e. The SMILES string of the molecule is CCN(CC)S(=O)(=O)c1ccc(OCC(=O)Nc2ccc(C)cc2C)cc1. The van der Waals surface area contributed by atoms with Gasteiger partial charge in [0.1, 0.15) is 5.75 Å². The summed E-state index contributed by atoms with van der Waals surface area (Å²) in [6.07, 6.45) is 0. The molecule has 0 fully saturated rings. The van der Waals surface area contributed by atoms with Gasteiger partial charge in [0, 0.05) is 18.8 Å². The Hall–Kier alpha value is -2.38. The zero-order valence-electron chi connectivity index (χ0n) is 16.2. The number of nitrogens with zero attached hydrogens (tertiary/aromatic N) is 1. The van der Waals surface area contributed by atoms with Gasteiger partial charge in [-0.05, 0) is 49.7 Å². The number of aryl methyl sites for hydroxylation is 2. The van der Waals surface area contributed by atoms with E-state index >= 15 is 0 Å². The standard InChI is InChI=1S/C20H26N2O4S/c1-5-22(6-2)27(24,25)18-10-8-17(9-11-18)26-14-20(23)21-19-12-7-15(3)13-16(19)4/h7-13H,5-6,14H2,1-4H3,(H,21,23). The van der Waals surface area contributed by atoms with Crippen molar-refractivity contribution in [3.63, 3.8) is 0 Å². The van der Waals surface area contributed by atoms with Crippen molar-refractivity contribution in [2.45, 2.75) is 32.6 Å². The van der Waals surface area contributed by atoms with E-state index in [0.29, 0.717) is 18.8 Å². The van der Waals surface area contributed by atoms with Crippen molar-refractivity contribution in [2.75, 3.05) is 25.0 Å². The summed E-state index contributed by atoms with van der Waals surface area (Å²) in [5.74, 6) is 0.158. The van der Waals surface area contributed by atoms with Crippen LogP contribution in [-0.2, 0) is 14.8 Å². The molecule has 0 aromatic heterocycles. The first-order valence-electron chi connectivity index (χ1n) is 8.88. The summed E-state index contributed by atoms with van der Waals surface area (Å²) in [7, 11) is -3.50. The maximum Gasteiger partial charge on any atom is 0.262 e. The van der Waals surface area contributed by atoms with Crippen molar-refractivity contribution in [1.29, 1.82) is 0 Å². The number of carbonyl (C=O) groups excluding carboxylic acids is 1. The van der Waals surface area contributed by atoms with Crippen LogP contribution in [0.3, 0.4) is 0 Å². The molecule has 1 amide bonds. The number of sulfonamides is 1. The summed E-state index contributed by atoms with van der Waals surface area (Å²) in [6, 6.07) is 11.9. The molecule has 0 saturated carbocycles. The Balaban J connectivity index is 1.97. The van der Waals surface area contributed by atoms with E-state index in [0.717, 1.165) is 16.8 Å². The molecule has 0 spiro atoms. The average molecular weight is 391 g/mol. The second-order valence-electron chi connectivity index (χ2n) is 6.22. The predicted molar refractivity (Wildman–Crippen MR) is 107 cm³/mol. The van der Waals surface area contributed by atoms with E-state index in [4.69, 9.17) is 4.74 Å². The largest absolute Gasteiger partial charge is 0.484 e. The minimum atomic E-state index is -3.50. The fourth-order valence-corrected chi connectivity index (χ4v) is 4.17. The summed E-state index contributed by atoms with van der Waals surface area (Å²) in [6.45, 7) is 8.19. The molecule has 2 aromatic rings. The first-order valence-corrected chi connectivity index (χ1v) is 10.3. The predicted octanol–water partition coefficient (Wildman–Crippen LogP) is 3.35. The summed E-state index contributed by atoms with van der Waals surface area (Å²) in [5, 5.41) is 2.81. The van der Waals surface area contributed by atoms with Gasteiger partial charge in [0.2, 0.25) is 10.0 Å². The number of hydrogen-bond acceptors (Lipinski definition) is 4. The second kappa shape index (κ2) is 9.01. The molecule has 0 atom stereocenters. The van der Waals surface area contributed by atoms with E-state index in [2.05, 4.69) is 5.32 Å². The molecule has 0 aliphatic heterocycles. The third kappa shape index (κ3) is 5.30. The number of hydrogen-bond donors (Lipinski definition) is 1.